The number of fused-ring (bicyclic) bond motifs is 2. The number of rotatable bonds is 0. The largest absolute Gasteiger partial charge is 0.449 e. The summed E-state index contributed by atoms with van der Waals surface area (Å²) in [6.45, 7) is 0. The van der Waals surface area contributed by atoms with Crippen LogP contribution < -0.4 is 9.47 Å². The monoisotopic (exact) mass is 452 g/mol. The Balaban J connectivity index is 2.18. The smallest absolute Gasteiger partial charge is 0.188 e. The van der Waals surface area contributed by atoms with Gasteiger partial charge in [-0.2, -0.15) is 0 Å². The summed E-state index contributed by atoms with van der Waals surface area (Å²) in [7, 11) is 0. The van der Waals surface area contributed by atoms with Crippen LogP contribution >= 0.6 is 59.4 Å². The first-order chi connectivity index (χ1) is 8.54. The molecule has 18 heavy (non-hydrogen) atoms. The van der Waals surface area contributed by atoms with E-state index in [2.05, 4.69) is 47.8 Å². The molecule has 6 heteroatoms. The van der Waals surface area contributed by atoms with Gasteiger partial charge in [-0.05, 0) is 40.2 Å². The van der Waals surface area contributed by atoms with Crippen LogP contribution in [0.15, 0.2) is 37.7 Å². The molecular formula is C12H4Br3ClO2. The molecule has 2 nitrogen and oxygen atoms in total. The Labute approximate surface area is 134 Å². The maximum atomic E-state index is 6.14. The molecule has 2 aromatic rings. The molecule has 3 rings (SSSR count). The summed E-state index contributed by atoms with van der Waals surface area (Å²) in [5.74, 6) is 2.37. The third-order valence-electron chi connectivity index (χ3n) is 2.37. The predicted molar refractivity (Wildman–Crippen MR) is 81.1 cm³/mol. The molecule has 1 aliphatic heterocycles. The van der Waals surface area contributed by atoms with Gasteiger partial charge in [-0.1, -0.05) is 43.5 Å². The second-order valence-corrected chi connectivity index (χ2v) is 6.73. The minimum absolute atomic E-state index is 0.500. The van der Waals surface area contributed by atoms with Crippen LogP contribution in [0.25, 0.3) is 0 Å². The molecule has 1 aliphatic rings. The van der Waals surface area contributed by atoms with Crippen LogP contribution in [-0.2, 0) is 0 Å². The summed E-state index contributed by atoms with van der Waals surface area (Å²) in [5.41, 5.74) is 0. The highest BCUT2D eigenvalue weighted by molar-refractivity contribution is 9.11. The molecule has 0 aromatic heterocycles. The first kappa shape index (κ1) is 12.8. The van der Waals surface area contributed by atoms with Gasteiger partial charge >= 0.3 is 0 Å². The normalized spacial score (nSPS) is 12.2. The fourth-order valence-electron chi connectivity index (χ4n) is 1.64. The molecule has 0 saturated heterocycles. The summed E-state index contributed by atoms with van der Waals surface area (Å²) in [4.78, 5) is 0. The quantitative estimate of drug-likeness (QED) is 0.384. The number of hydrogen-bond donors (Lipinski definition) is 0. The molecule has 0 fully saturated rings. The van der Waals surface area contributed by atoms with Crippen LogP contribution in [0.2, 0.25) is 5.02 Å². The van der Waals surface area contributed by atoms with Crippen molar-refractivity contribution in [1.82, 2.24) is 0 Å². The van der Waals surface area contributed by atoms with Crippen LogP contribution in [0.5, 0.6) is 23.0 Å². The van der Waals surface area contributed by atoms with E-state index < -0.39 is 0 Å². The highest BCUT2D eigenvalue weighted by atomic mass is 79.9. The molecule has 0 atom stereocenters. The van der Waals surface area contributed by atoms with Crippen molar-refractivity contribution >= 4 is 59.4 Å². The van der Waals surface area contributed by atoms with Crippen LogP contribution in [0.3, 0.4) is 0 Å². The second kappa shape index (κ2) is 4.71. The fraction of sp³-hybridized carbons (Fsp3) is 0. The average Bonchev–Trinajstić information content (AvgIpc) is 2.26. The van der Waals surface area contributed by atoms with E-state index in [0.717, 1.165) is 13.4 Å². The third kappa shape index (κ3) is 2.18. The first-order valence-electron chi connectivity index (χ1n) is 4.88. The van der Waals surface area contributed by atoms with E-state index in [1.54, 1.807) is 6.07 Å². The lowest BCUT2D eigenvalue weighted by molar-refractivity contribution is 0.357. The van der Waals surface area contributed by atoms with Gasteiger partial charge in [-0.3, -0.25) is 0 Å². The van der Waals surface area contributed by atoms with Crippen LogP contribution in [0, 0.1) is 0 Å². The highest BCUT2D eigenvalue weighted by Gasteiger charge is 2.24. The first-order valence-corrected chi connectivity index (χ1v) is 7.64. The van der Waals surface area contributed by atoms with Crippen molar-refractivity contribution in [2.75, 3.05) is 0 Å². The Morgan fingerprint density at radius 1 is 0.778 bits per heavy atom. The molecular weight excluding hydrogens is 451 g/mol. The van der Waals surface area contributed by atoms with Gasteiger partial charge in [0.25, 0.3) is 0 Å². The van der Waals surface area contributed by atoms with Gasteiger partial charge in [0.15, 0.2) is 23.0 Å². The van der Waals surface area contributed by atoms with E-state index in [1.165, 1.54) is 0 Å². The molecule has 0 amide bonds. The number of hydrogen-bond acceptors (Lipinski definition) is 2. The van der Waals surface area contributed by atoms with Crippen molar-refractivity contribution in [1.29, 1.82) is 0 Å². The third-order valence-corrected chi connectivity index (χ3v) is 4.16. The molecule has 0 spiro atoms. The van der Waals surface area contributed by atoms with Crippen molar-refractivity contribution in [2.45, 2.75) is 0 Å². The van der Waals surface area contributed by atoms with Gasteiger partial charge in [-0.25, -0.2) is 0 Å². The van der Waals surface area contributed by atoms with Crippen LogP contribution in [0.4, 0.5) is 0 Å². The lowest BCUT2D eigenvalue weighted by Gasteiger charge is -2.22. The molecule has 92 valence electrons. The van der Waals surface area contributed by atoms with Gasteiger partial charge in [-0.15, -0.1) is 0 Å². The second-order valence-electron chi connectivity index (χ2n) is 3.63. The van der Waals surface area contributed by atoms with Crippen LogP contribution in [0.1, 0.15) is 0 Å². The Kier molecular flexibility index (Phi) is 3.34. The maximum absolute atomic E-state index is 6.14. The predicted octanol–water partition coefficient (Wildman–Crippen LogP) is 6.53. The molecule has 0 radical (unpaired) electrons. The van der Waals surface area contributed by atoms with Gasteiger partial charge in [0.1, 0.15) is 0 Å². The van der Waals surface area contributed by atoms with Crippen molar-refractivity contribution in [3.63, 3.8) is 0 Å². The van der Waals surface area contributed by atoms with Crippen molar-refractivity contribution in [3.05, 3.63) is 42.7 Å². The number of benzene rings is 2. The number of ether oxygens (including phenoxy) is 2. The highest BCUT2D eigenvalue weighted by Crippen LogP contribution is 2.52. The van der Waals surface area contributed by atoms with Crippen molar-refractivity contribution in [2.24, 2.45) is 0 Å². The van der Waals surface area contributed by atoms with Gasteiger partial charge < -0.3 is 9.47 Å². The topological polar surface area (TPSA) is 18.5 Å². The Bertz CT molecular complexity index is 603. The Hall–Kier alpha value is -0.230. The van der Waals surface area contributed by atoms with E-state index in [-0.39, 0.29) is 0 Å². The molecule has 0 unspecified atom stereocenters. The van der Waals surface area contributed by atoms with E-state index in [4.69, 9.17) is 21.1 Å². The molecule has 0 saturated carbocycles. The molecule has 0 N–H and O–H groups in total. The van der Waals surface area contributed by atoms with Gasteiger partial charge in [0.05, 0.1) is 9.50 Å². The summed E-state index contributed by atoms with van der Waals surface area (Å²) < 4.78 is 14.2. The molecule has 2 aromatic carbocycles. The molecule has 0 bridgehead atoms. The van der Waals surface area contributed by atoms with Crippen LogP contribution in [-0.4, -0.2) is 0 Å². The lowest BCUT2D eigenvalue weighted by Crippen LogP contribution is -2.00. The molecule has 1 heterocycles. The minimum atomic E-state index is 0.500. The summed E-state index contributed by atoms with van der Waals surface area (Å²) in [6, 6.07) is 7.32. The summed E-state index contributed by atoms with van der Waals surface area (Å²) in [5, 5.41) is 0.500. The maximum Gasteiger partial charge on any atom is 0.188 e. The van der Waals surface area contributed by atoms with Gasteiger partial charge in [0, 0.05) is 8.95 Å². The molecule has 0 aliphatic carbocycles. The van der Waals surface area contributed by atoms with E-state index in [9.17, 15) is 0 Å². The van der Waals surface area contributed by atoms with E-state index in [0.29, 0.717) is 28.0 Å². The Morgan fingerprint density at radius 2 is 1.39 bits per heavy atom. The summed E-state index contributed by atoms with van der Waals surface area (Å²) >= 11 is 16.4. The van der Waals surface area contributed by atoms with Crippen molar-refractivity contribution < 1.29 is 9.47 Å². The average molecular weight is 455 g/mol. The summed E-state index contributed by atoms with van der Waals surface area (Å²) in [6.07, 6.45) is 0. The minimum Gasteiger partial charge on any atom is -0.449 e. The lowest BCUT2D eigenvalue weighted by atomic mass is 10.2. The van der Waals surface area contributed by atoms with E-state index >= 15 is 0 Å². The zero-order chi connectivity index (χ0) is 12.9. The SMILES string of the molecule is Clc1cc(Br)cc2c1Oc1c(Br)cc(Br)cc1O2. The van der Waals surface area contributed by atoms with E-state index in [1.807, 2.05) is 18.2 Å². The van der Waals surface area contributed by atoms with Crippen molar-refractivity contribution in [3.8, 4) is 23.0 Å². The Morgan fingerprint density at radius 3 is 2.11 bits per heavy atom. The standard InChI is InChI=1S/C12H4Br3ClO2/c13-5-1-7(15)11-9(3-5)17-10-4-6(14)2-8(16)12(10)18-11/h1-4H. The zero-order valence-electron chi connectivity index (χ0n) is 8.64. The fourth-order valence-corrected chi connectivity index (χ4v) is 3.73. The van der Waals surface area contributed by atoms with Gasteiger partial charge in [0.2, 0.25) is 0 Å². The zero-order valence-corrected chi connectivity index (χ0v) is 14.2. The number of halogens is 4.